The van der Waals surface area contributed by atoms with Crippen molar-refractivity contribution in [1.29, 1.82) is 0 Å². The monoisotopic (exact) mass is 374 g/mol. The molecule has 5 fully saturated rings. The van der Waals surface area contributed by atoms with Crippen LogP contribution in [0.15, 0.2) is 24.3 Å². The Morgan fingerprint density at radius 2 is 1.81 bits per heavy atom. The molecule has 3 nitrogen and oxygen atoms in total. The second kappa shape index (κ2) is 6.83. The number of carbonyl (C=O) groups is 1. The van der Waals surface area contributed by atoms with E-state index < -0.39 is 0 Å². The molecule has 2 bridgehead atoms. The van der Waals surface area contributed by atoms with E-state index in [1.807, 2.05) is 23.9 Å². The van der Waals surface area contributed by atoms with Gasteiger partial charge in [0.1, 0.15) is 5.82 Å². The van der Waals surface area contributed by atoms with Gasteiger partial charge in [-0.2, -0.15) is 11.8 Å². The van der Waals surface area contributed by atoms with Gasteiger partial charge in [0, 0.05) is 18.5 Å². The fourth-order valence-electron chi connectivity index (χ4n) is 5.39. The number of carbonyl (C=O) groups excluding carboxylic acids is 1. The van der Waals surface area contributed by atoms with Crippen LogP contribution in [0.4, 0.5) is 4.39 Å². The van der Waals surface area contributed by atoms with Crippen LogP contribution in [0.5, 0.6) is 0 Å². The van der Waals surface area contributed by atoms with Gasteiger partial charge >= 0.3 is 0 Å². The molecule has 4 aliphatic heterocycles. The largest absolute Gasteiger partial charge is 0.336 e. The molecule has 1 amide bonds. The first kappa shape index (κ1) is 17.1. The number of fused-ring (bicyclic) bond motifs is 2. The number of piperidine rings is 3. The Kier molecular flexibility index (Phi) is 4.48. The normalized spacial score (nSPS) is 35.6. The van der Waals surface area contributed by atoms with Crippen molar-refractivity contribution in [3.05, 3.63) is 35.6 Å². The quantitative estimate of drug-likeness (QED) is 0.790. The van der Waals surface area contributed by atoms with Crippen molar-refractivity contribution < 1.29 is 9.18 Å². The molecule has 0 aromatic heterocycles. The smallest absolute Gasteiger partial charge is 0.232 e. The molecule has 4 saturated heterocycles. The van der Waals surface area contributed by atoms with E-state index in [9.17, 15) is 9.18 Å². The maximum atomic E-state index is 13.4. The minimum absolute atomic E-state index is 0.182. The molecule has 5 aliphatic rings. The SMILES string of the molecule is O=C(CSCC1CC1)N1C[C@H](c2ccc(F)cc2)[C@H]2[C@@H]1C1CCN2CC1. The van der Waals surface area contributed by atoms with Gasteiger partial charge in [0.2, 0.25) is 5.91 Å². The van der Waals surface area contributed by atoms with E-state index in [0.29, 0.717) is 35.6 Å². The van der Waals surface area contributed by atoms with Gasteiger partial charge in [0.05, 0.1) is 11.8 Å². The van der Waals surface area contributed by atoms with Crippen molar-refractivity contribution in [2.75, 3.05) is 31.1 Å². The lowest BCUT2D eigenvalue weighted by atomic mass is 9.75. The van der Waals surface area contributed by atoms with Crippen molar-refractivity contribution in [3.8, 4) is 0 Å². The fraction of sp³-hybridized carbons (Fsp3) is 0.667. The van der Waals surface area contributed by atoms with E-state index in [1.165, 1.54) is 31.2 Å². The van der Waals surface area contributed by atoms with Crippen LogP contribution in [0.1, 0.15) is 37.2 Å². The van der Waals surface area contributed by atoms with Crippen LogP contribution < -0.4 is 0 Å². The Balaban J connectivity index is 1.37. The zero-order chi connectivity index (χ0) is 17.7. The van der Waals surface area contributed by atoms with Crippen molar-refractivity contribution >= 4 is 17.7 Å². The summed E-state index contributed by atoms with van der Waals surface area (Å²) in [5, 5.41) is 0. The summed E-state index contributed by atoms with van der Waals surface area (Å²) in [7, 11) is 0. The summed E-state index contributed by atoms with van der Waals surface area (Å²) >= 11 is 1.82. The van der Waals surface area contributed by atoms with Gasteiger partial charge in [-0.05, 0) is 74.1 Å². The maximum absolute atomic E-state index is 13.4. The Hall–Kier alpha value is -1.07. The standard InChI is InChI=1S/C21H27FN2OS/c22-17-5-3-15(4-6-17)18-11-24(19(25)13-26-12-14-1-2-14)20-16-7-9-23(10-8-16)21(18)20/h3-6,14,16,18,20-21H,1-2,7-13H2/t18-,20+,21+/m1/s1. The lowest BCUT2D eigenvalue weighted by Crippen LogP contribution is -2.60. The third-order valence-corrected chi connectivity index (χ3v) is 8.05. The van der Waals surface area contributed by atoms with Crippen LogP contribution in [0.25, 0.3) is 0 Å². The highest BCUT2D eigenvalue weighted by Crippen LogP contribution is 2.46. The Morgan fingerprint density at radius 3 is 2.50 bits per heavy atom. The fourth-order valence-corrected chi connectivity index (χ4v) is 6.51. The highest BCUT2D eigenvalue weighted by Gasteiger charge is 2.54. The van der Waals surface area contributed by atoms with E-state index in [0.717, 1.165) is 31.3 Å². The summed E-state index contributed by atoms with van der Waals surface area (Å²) in [5.41, 5.74) is 1.19. The number of halogens is 1. The first-order valence-corrected chi connectivity index (χ1v) is 11.2. The third-order valence-electron chi connectivity index (χ3n) is 6.89. The topological polar surface area (TPSA) is 23.6 Å². The minimum atomic E-state index is -0.182. The maximum Gasteiger partial charge on any atom is 0.232 e. The summed E-state index contributed by atoms with van der Waals surface area (Å²) in [5.74, 6) is 3.74. The summed E-state index contributed by atoms with van der Waals surface area (Å²) in [6.07, 6.45) is 5.13. The van der Waals surface area contributed by atoms with Gasteiger partial charge in [0.15, 0.2) is 0 Å². The molecular formula is C21H27FN2OS. The summed E-state index contributed by atoms with van der Waals surface area (Å²) in [6, 6.07) is 7.77. The molecule has 3 atom stereocenters. The third kappa shape index (κ3) is 3.07. The predicted molar refractivity (Wildman–Crippen MR) is 103 cm³/mol. The van der Waals surface area contributed by atoms with Crippen molar-refractivity contribution in [2.24, 2.45) is 11.8 Å². The highest BCUT2D eigenvalue weighted by molar-refractivity contribution is 7.99. The molecule has 0 radical (unpaired) electrons. The van der Waals surface area contributed by atoms with E-state index in [2.05, 4.69) is 9.80 Å². The summed E-state index contributed by atoms with van der Waals surface area (Å²) in [6.45, 7) is 3.11. The number of thioether (sulfide) groups is 1. The molecule has 4 heterocycles. The van der Waals surface area contributed by atoms with Crippen LogP contribution >= 0.6 is 11.8 Å². The zero-order valence-electron chi connectivity index (χ0n) is 15.1. The molecule has 140 valence electrons. The molecular weight excluding hydrogens is 347 g/mol. The van der Waals surface area contributed by atoms with E-state index in [4.69, 9.17) is 0 Å². The molecule has 0 unspecified atom stereocenters. The second-order valence-corrected chi connectivity index (χ2v) is 9.55. The van der Waals surface area contributed by atoms with Crippen LogP contribution in [0, 0.1) is 17.7 Å². The van der Waals surface area contributed by atoms with Gasteiger partial charge in [-0.25, -0.2) is 4.39 Å². The summed E-state index contributed by atoms with van der Waals surface area (Å²) in [4.78, 5) is 17.8. The number of hydrogen-bond acceptors (Lipinski definition) is 3. The molecule has 6 rings (SSSR count). The number of nitrogens with zero attached hydrogens (tertiary/aromatic N) is 2. The average Bonchev–Trinajstić information content (AvgIpc) is 3.39. The number of likely N-dealkylation sites (tertiary alicyclic amines) is 1. The Morgan fingerprint density at radius 1 is 1.08 bits per heavy atom. The zero-order valence-corrected chi connectivity index (χ0v) is 16.0. The van der Waals surface area contributed by atoms with Crippen LogP contribution in [0.2, 0.25) is 0 Å². The summed E-state index contributed by atoms with van der Waals surface area (Å²) < 4.78 is 13.4. The number of hydrogen-bond donors (Lipinski definition) is 0. The van der Waals surface area contributed by atoms with Crippen LogP contribution in [0.3, 0.4) is 0 Å². The van der Waals surface area contributed by atoms with Gasteiger partial charge < -0.3 is 4.90 Å². The van der Waals surface area contributed by atoms with E-state index in [1.54, 1.807) is 12.1 Å². The van der Waals surface area contributed by atoms with Gasteiger partial charge in [0.25, 0.3) is 0 Å². The molecule has 1 aliphatic carbocycles. The molecule has 1 aromatic rings. The highest BCUT2D eigenvalue weighted by atomic mass is 32.2. The Bertz CT molecular complexity index is 669. The van der Waals surface area contributed by atoms with E-state index in [-0.39, 0.29) is 5.82 Å². The van der Waals surface area contributed by atoms with Crippen molar-refractivity contribution in [1.82, 2.24) is 9.80 Å². The van der Waals surface area contributed by atoms with Crippen molar-refractivity contribution in [3.63, 3.8) is 0 Å². The first-order valence-electron chi connectivity index (χ1n) is 10.1. The predicted octanol–water partition coefficient (Wildman–Crippen LogP) is 3.36. The molecule has 26 heavy (non-hydrogen) atoms. The van der Waals surface area contributed by atoms with Crippen molar-refractivity contribution in [2.45, 2.75) is 43.7 Å². The van der Waals surface area contributed by atoms with Gasteiger partial charge in [-0.15, -0.1) is 0 Å². The number of benzene rings is 1. The molecule has 0 N–H and O–H groups in total. The van der Waals surface area contributed by atoms with E-state index >= 15 is 0 Å². The lowest BCUT2D eigenvalue weighted by molar-refractivity contribution is -0.133. The van der Waals surface area contributed by atoms with Crippen LogP contribution in [-0.4, -0.2) is 58.9 Å². The van der Waals surface area contributed by atoms with Crippen LogP contribution in [-0.2, 0) is 4.79 Å². The molecule has 1 aromatic carbocycles. The van der Waals surface area contributed by atoms with Gasteiger partial charge in [-0.1, -0.05) is 12.1 Å². The second-order valence-electron chi connectivity index (χ2n) is 8.52. The lowest BCUT2D eigenvalue weighted by Gasteiger charge is -2.51. The number of rotatable bonds is 5. The molecule has 5 heteroatoms. The molecule has 0 spiro atoms. The minimum Gasteiger partial charge on any atom is -0.336 e. The first-order chi connectivity index (χ1) is 12.7. The molecule has 1 saturated carbocycles. The average molecular weight is 375 g/mol. The number of amides is 1. The Labute approximate surface area is 159 Å². The van der Waals surface area contributed by atoms with Gasteiger partial charge in [-0.3, -0.25) is 9.69 Å².